The van der Waals surface area contributed by atoms with E-state index in [4.69, 9.17) is 16.3 Å². The zero-order valence-corrected chi connectivity index (χ0v) is 20.9. The second-order valence-corrected chi connectivity index (χ2v) is 9.94. The van der Waals surface area contributed by atoms with Crippen LogP contribution in [0.15, 0.2) is 24.4 Å². The number of anilines is 1. The van der Waals surface area contributed by atoms with Gasteiger partial charge in [0.15, 0.2) is 0 Å². The lowest BCUT2D eigenvalue weighted by atomic mass is 10.0. The molecule has 1 aromatic heterocycles. The molecule has 0 saturated carbocycles. The summed E-state index contributed by atoms with van der Waals surface area (Å²) in [6.07, 6.45) is 3.38. The summed E-state index contributed by atoms with van der Waals surface area (Å²) in [5.74, 6) is 0.376. The van der Waals surface area contributed by atoms with Crippen LogP contribution in [0.4, 0.5) is 5.95 Å². The van der Waals surface area contributed by atoms with Crippen molar-refractivity contribution in [3.63, 3.8) is 0 Å². The van der Waals surface area contributed by atoms with Gasteiger partial charge in [0, 0.05) is 63.1 Å². The van der Waals surface area contributed by atoms with Crippen LogP contribution in [0.5, 0.6) is 0 Å². The Morgan fingerprint density at radius 2 is 1.94 bits per heavy atom. The molecule has 1 aromatic carbocycles. The van der Waals surface area contributed by atoms with Gasteiger partial charge in [-0.15, -0.1) is 0 Å². The molecule has 10 heteroatoms. The van der Waals surface area contributed by atoms with Gasteiger partial charge in [-0.05, 0) is 38.4 Å². The molecule has 186 valence electrons. The second kappa shape index (κ2) is 10.1. The first-order valence-electron chi connectivity index (χ1n) is 12.2. The van der Waals surface area contributed by atoms with Crippen molar-refractivity contribution in [3.05, 3.63) is 40.5 Å². The first-order valence-corrected chi connectivity index (χ1v) is 12.6. The number of piperazine rings is 1. The summed E-state index contributed by atoms with van der Waals surface area (Å²) in [7, 11) is 2.05. The molecular formula is C25H31ClN6O3. The van der Waals surface area contributed by atoms with Crippen molar-refractivity contribution in [2.45, 2.75) is 38.4 Å². The highest BCUT2D eigenvalue weighted by atomic mass is 35.5. The molecule has 2 fully saturated rings. The van der Waals surface area contributed by atoms with E-state index in [-0.39, 0.29) is 17.9 Å². The standard InChI is InChI=1S/C25H31ClN6O3/c1-16(23(33)31-9-7-30(2)8-10-31)32-15-18-4-3-17(13-20(18)24(32)34)22-21(26)14-27-25(29-22)28-19-5-11-35-12-6-19/h3-4,13-14,16,19H,5-12,15H2,1-2H3,(H,27,28,29)/t16-/m1/s1. The number of amides is 2. The fourth-order valence-electron chi connectivity index (χ4n) is 4.87. The van der Waals surface area contributed by atoms with E-state index < -0.39 is 6.04 Å². The highest BCUT2D eigenvalue weighted by Gasteiger charge is 2.36. The lowest BCUT2D eigenvalue weighted by Gasteiger charge is -2.35. The number of carbonyl (C=O) groups excluding carboxylic acids is 2. The fraction of sp³-hybridized carbons (Fsp3) is 0.520. The van der Waals surface area contributed by atoms with E-state index in [1.165, 1.54) is 0 Å². The predicted molar refractivity (Wildman–Crippen MR) is 133 cm³/mol. The predicted octanol–water partition coefficient (Wildman–Crippen LogP) is 2.51. The normalized spacial score (nSPS) is 20.1. The molecule has 9 nitrogen and oxygen atoms in total. The lowest BCUT2D eigenvalue weighted by molar-refractivity contribution is -0.137. The summed E-state index contributed by atoms with van der Waals surface area (Å²) in [5, 5.41) is 3.79. The molecule has 0 radical (unpaired) electrons. The molecule has 2 amide bonds. The molecule has 1 N–H and O–H groups in total. The zero-order chi connectivity index (χ0) is 24.5. The van der Waals surface area contributed by atoms with E-state index in [1.807, 2.05) is 30.0 Å². The van der Waals surface area contributed by atoms with Crippen molar-refractivity contribution in [2.75, 3.05) is 51.8 Å². The quantitative estimate of drug-likeness (QED) is 0.677. The lowest BCUT2D eigenvalue weighted by Crippen LogP contribution is -2.53. The van der Waals surface area contributed by atoms with Crippen LogP contribution >= 0.6 is 11.6 Å². The fourth-order valence-corrected chi connectivity index (χ4v) is 5.07. The van der Waals surface area contributed by atoms with Crippen LogP contribution < -0.4 is 5.32 Å². The Hall–Kier alpha value is -2.75. The van der Waals surface area contributed by atoms with E-state index >= 15 is 0 Å². The average Bonchev–Trinajstić information content (AvgIpc) is 3.21. The van der Waals surface area contributed by atoms with Crippen LogP contribution in [0.2, 0.25) is 5.02 Å². The van der Waals surface area contributed by atoms with Gasteiger partial charge in [0.1, 0.15) is 6.04 Å². The van der Waals surface area contributed by atoms with Crippen LogP contribution in [-0.4, -0.2) is 95.0 Å². The number of halogens is 1. The number of nitrogens with one attached hydrogen (secondary N) is 1. The third-order valence-corrected chi connectivity index (χ3v) is 7.43. The minimum absolute atomic E-state index is 0.00199. The summed E-state index contributed by atoms with van der Waals surface area (Å²) < 4.78 is 5.42. The molecule has 0 spiro atoms. The Morgan fingerprint density at radius 3 is 2.69 bits per heavy atom. The molecule has 4 heterocycles. The third kappa shape index (κ3) is 4.98. The maximum absolute atomic E-state index is 13.3. The molecule has 0 aliphatic carbocycles. The molecular weight excluding hydrogens is 468 g/mol. The maximum Gasteiger partial charge on any atom is 0.255 e. The molecule has 0 unspecified atom stereocenters. The van der Waals surface area contributed by atoms with Gasteiger partial charge < -0.3 is 24.8 Å². The Bertz CT molecular complexity index is 1110. The monoisotopic (exact) mass is 498 g/mol. The molecule has 1 atom stereocenters. The highest BCUT2D eigenvalue weighted by molar-refractivity contribution is 6.33. The molecule has 3 aliphatic heterocycles. The third-order valence-electron chi connectivity index (χ3n) is 7.15. The van der Waals surface area contributed by atoms with Gasteiger partial charge in [0.25, 0.3) is 5.91 Å². The van der Waals surface area contributed by atoms with Gasteiger partial charge in [-0.2, -0.15) is 0 Å². The molecule has 5 rings (SSSR count). The first kappa shape index (κ1) is 24.0. The number of likely N-dealkylation sites (N-methyl/N-ethyl adjacent to an activating group) is 1. The van der Waals surface area contributed by atoms with Crippen LogP contribution in [0.1, 0.15) is 35.7 Å². The average molecular weight is 499 g/mol. The number of rotatable bonds is 5. The Labute approximate surface area is 210 Å². The number of fused-ring (bicyclic) bond motifs is 1. The molecule has 3 aliphatic rings. The second-order valence-electron chi connectivity index (χ2n) is 9.53. The maximum atomic E-state index is 13.3. The van der Waals surface area contributed by atoms with E-state index in [0.717, 1.165) is 50.3 Å². The first-order chi connectivity index (χ1) is 16.9. The van der Waals surface area contributed by atoms with Gasteiger partial charge in [-0.1, -0.05) is 23.7 Å². The summed E-state index contributed by atoms with van der Waals surface area (Å²) in [5.41, 5.74) is 2.82. The summed E-state index contributed by atoms with van der Waals surface area (Å²) in [6, 6.07) is 5.43. The van der Waals surface area contributed by atoms with Gasteiger partial charge in [-0.3, -0.25) is 9.59 Å². The smallest absolute Gasteiger partial charge is 0.255 e. The molecule has 2 saturated heterocycles. The molecule has 0 bridgehead atoms. The van der Waals surface area contributed by atoms with Crippen LogP contribution in [-0.2, 0) is 16.1 Å². The minimum atomic E-state index is -0.514. The van der Waals surface area contributed by atoms with Crippen molar-refractivity contribution in [2.24, 2.45) is 0 Å². The van der Waals surface area contributed by atoms with Crippen LogP contribution in [0, 0.1) is 0 Å². The topological polar surface area (TPSA) is 90.9 Å². The summed E-state index contributed by atoms with van der Waals surface area (Å²) in [4.78, 5) is 41.1. The van der Waals surface area contributed by atoms with Crippen molar-refractivity contribution in [1.29, 1.82) is 0 Å². The summed E-state index contributed by atoms with van der Waals surface area (Å²) in [6.45, 7) is 6.76. The Balaban J connectivity index is 1.33. The Morgan fingerprint density at radius 1 is 1.20 bits per heavy atom. The van der Waals surface area contributed by atoms with E-state index in [2.05, 4.69) is 27.2 Å². The van der Waals surface area contributed by atoms with Gasteiger partial charge in [0.05, 0.1) is 16.9 Å². The molecule has 35 heavy (non-hydrogen) atoms. The number of nitrogens with zero attached hydrogens (tertiary/aromatic N) is 5. The van der Waals surface area contributed by atoms with E-state index in [1.54, 1.807) is 11.1 Å². The van der Waals surface area contributed by atoms with Crippen LogP contribution in [0.25, 0.3) is 11.3 Å². The van der Waals surface area contributed by atoms with E-state index in [0.29, 0.717) is 41.9 Å². The van der Waals surface area contributed by atoms with Crippen molar-refractivity contribution in [1.82, 2.24) is 24.7 Å². The van der Waals surface area contributed by atoms with Gasteiger partial charge >= 0.3 is 0 Å². The SMILES string of the molecule is C[C@H](C(=O)N1CCN(C)CC1)N1Cc2ccc(-c3nc(NC4CCOCC4)ncc3Cl)cc2C1=O. The van der Waals surface area contributed by atoms with Crippen molar-refractivity contribution in [3.8, 4) is 11.3 Å². The number of aromatic nitrogens is 2. The van der Waals surface area contributed by atoms with Crippen LogP contribution in [0.3, 0.4) is 0 Å². The van der Waals surface area contributed by atoms with Gasteiger partial charge in [-0.25, -0.2) is 9.97 Å². The Kier molecular flexibility index (Phi) is 6.91. The van der Waals surface area contributed by atoms with Gasteiger partial charge in [0.2, 0.25) is 11.9 Å². The van der Waals surface area contributed by atoms with Crippen molar-refractivity contribution < 1.29 is 14.3 Å². The largest absolute Gasteiger partial charge is 0.381 e. The minimum Gasteiger partial charge on any atom is -0.381 e. The summed E-state index contributed by atoms with van der Waals surface area (Å²) >= 11 is 6.46. The highest BCUT2D eigenvalue weighted by Crippen LogP contribution is 2.32. The van der Waals surface area contributed by atoms with Crippen molar-refractivity contribution >= 4 is 29.4 Å². The molecule has 2 aromatic rings. The zero-order valence-electron chi connectivity index (χ0n) is 20.2. The van der Waals surface area contributed by atoms with E-state index in [9.17, 15) is 9.59 Å². The number of carbonyl (C=O) groups is 2. The number of hydrogen-bond donors (Lipinski definition) is 1. The number of ether oxygens (including phenoxy) is 1. The number of hydrogen-bond acceptors (Lipinski definition) is 7. The number of benzene rings is 1.